The lowest BCUT2D eigenvalue weighted by atomic mass is 10.1. The zero-order chi connectivity index (χ0) is 13.3. The predicted octanol–water partition coefficient (Wildman–Crippen LogP) is 3.73. The van der Waals surface area contributed by atoms with E-state index in [9.17, 15) is 0 Å². The van der Waals surface area contributed by atoms with Crippen LogP contribution in [0, 0.1) is 5.92 Å². The van der Waals surface area contributed by atoms with Gasteiger partial charge < -0.3 is 9.80 Å². The minimum absolute atomic E-state index is 0.652. The second-order valence-electron chi connectivity index (χ2n) is 5.32. The first-order chi connectivity index (χ1) is 8.52. The van der Waals surface area contributed by atoms with E-state index in [-0.39, 0.29) is 0 Å². The molecular formula is C14H20Br2N2. The quantitative estimate of drug-likeness (QED) is 0.742. The van der Waals surface area contributed by atoms with Crippen molar-refractivity contribution in [3.63, 3.8) is 0 Å². The minimum Gasteiger partial charge on any atom is -0.370 e. The largest absolute Gasteiger partial charge is 0.370 e. The maximum atomic E-state index is 3.65. The fourth-order valence-corrected chi connectivity index (χ4v) is 4.05. The van der Waals surface area contributed by atoms with E-state index in [1.54, 1.807) is 0 Å². The van der Waals surface area contributed by atoms with Gasteiger partial charge in [0, 0.05) is 34.6 Å². The Morgan fingerprint density at radius 1 is 1.33 bits per heavy atom. The highest BCUT2D eigenvalue weighted by atomic mass is 79.9. The first-order valence-corrected chi connectivity index (χ1v) is 8.20. The first kappa shape index (κ1) is 14.4. The lowest BCUT2D eigenvalue weighted by Gasteiger charge is -2.23. The Morgan fingerprint density at radius 3 is 2.56 bits per heavy atom. The van der Waals surface area contributed by atoms with Crippen molar-refractivity contribution in [3.8, 4) is 0 Å². The van der Waals surface area contributed by atoms with Crippen molar-refractivity contribution in [2.45, 2.75) is 18.3 Å². The molecule has 100 valence electrons. The summed E-state index contributed by atoms with van der Waals surface area (Å²) in [6, 6.07) is 7.31. The molecule has 0 aliphatic carbocycles. The summed E-state index contributed by atoms with van der Waals surface area (Å²) in [5, 5.41) is 0.893. The SMILES string of the molecule is CC1CN(c2ccc(CBr)c(Br)c2)CC1N(C)C. The van der Waals surface area contributed by atoms with Crippen molar-refractivity contribution in [3.05, 3.63) is 28.2 Å². The molecule has 2 unspecified atom stereocenters. The fourth-order valence-electron chi connectivity index (χ4n) is 2.67. The van der Waals surface area contributed by atoms with E-state index < -0.39 is 0 Å². The van der Waals surface area contributed by atoms with Gasteiger partial charge in [-0.15, -0.1) is 0 Å². The average molecular weight is 376 g/mol. The number of likely N-dealkylation sites (N-methyl/N-ethyl adjacent to an activating group) is 1. The van der Waals surface area contributed by atoms with Crippen molar-refractivity contribution in [2.75, 3.05) is 32.1 Å². The molecule has 18 heavy (non-hydrogen) atoms. The van der Waals surface area contributed by atoms with Gasteiger partial charge in [-0.1, -0.05) is 44.8 Å². The van der Waals surface area contributed by atoms with Gasteiger partial charge in [0.1, 0.15) is 0 Å². The Labute approximate surface area is 127 Å². The summed E-state index contributed by atoms with van der Waals surface area (Å²) in [5.41, 5.74) is 2.62. The smallest absolute Gasteiger partial charge is 0.0378 e. The van der Waals surface area contributed by atoms with Crippen LogP contribution in [0.1, 0.15) is 12.5 Å². The van der Waals surface area contributed by atoms with E-state index >= 15 is 0 Å². The molecule has 0 radical (unpaired) electrons. The van der Waals surface area contributed by atoms with Gasteiger partial charge in [-0.3, -0.25) is 0 Å². The van der Waals surface area contributed by atoms with Crippen molar-refractivity contribution in [2.24, 2.45) is 5.92 Å². The molecule has 1 aliphatic rings. The molecule has 1 saturated heterocycles. The van der Waals surface area contributed by atoms with E-state index in [0.29, 0.717) is 6.04 Å². The molecule has 2 atom stereocenters. The fraction of sp³-hybridized carbons (Fsp3) is 0.571. The first-order valence-electron chi connectivity index (χ1n) is 6.28. The highest BCUT2D eigenvalue weighted by molar-refractivity contribution is 9.10. The summed E-state index contributed by atoms with van der Waals surface area (Å²) in [7, 11) is 4.35. The molecule has 1 heterocycles. The topological polar surface area (TPSA) is 6.48 Å². The summed E-state index contributed by atoms with van der Waals surface area (Å²) in [5.74, 6) is 0.717. The van der Waals surface area contributed by atoms with Crippen molar-refractivity contribution in [1.82, 2.24) is 4.90 Å². The molecule has 0 N–H and O–H groups in total. The van der Waals surface area contributed by atoms with Crippen LogP contribution >= 0.6 is 31.9 Å². The third-order valence-electron chi connectivity index (χ3n) is 3.78. The number of hydrogen-bond acceptors (Lipinski definition) is 2. The number of halogens is 2. The van der Waals surface area contributed by atoms with Gasteiger partial charge in [0.25, 0.3) is 0 Å². The summed E-state index contributed by atoms with van der Waals surface area (Å²) >= 11 is 7.15. The zero-order valence-electron chi connectivity index (χ0n) is 11.2. The van der Waals surface area contributed by atoms with Gasteiger partial charge in [0.2, 0.25) is 0 Å². The Balaban J connectivity index is 2.16. The van der Waals surface area contributed by atoms with Gasteiger partial charge >= 0.3 is 0 Å². The molecule has 1 fully saturated rings. The van der Waals surface area contributed by atoms with Crippen LogP contribution in [0.4, 0.5) is 5.69 Å². The Hall–Kier alpha value is -0.0600. The molecule has 1 aromatic rings. The van der Waals surface area contributed by atoms with E-state index in [2.05, 4.69) is 80.9 Å². The molecule has 2 nitrogen and oxygen atoms in total. The lowest BCUT2D eigenvalue weighted by molar-refractivity contribution is 0.266. The molecule has 0 aromatic heterocycles. The van der Waals surface area contributed by atoms with E-state index in [1.165, 1.54) is 15.7 Å². The van der Waals surface area contributed by atoms with Crippen molar-refractivity contribution >= 4 is 37.5 Å². The summed E-state index contributed by atoms with van der Waals surface area (Å²) in [6.07, 6.45) is 0. The average Bonchev–Trinajstić information content (AvgIpc) is 2.71. The van der Waals surface area contributed by atoms with Gasteiger partial charge in [-0.25, -0.2) is 0 Å². The summed E-state index contributed by atoms with van der Waals surface area (Å²) < 4.78 is 1.19. The van der Waals surface area contributed by atoms with Crippen LogP contribution in [0.25, 0.3) is 0 Å². The van der Waals surface area contributed by atoms with Gasteiger partial charge in [-0.05, 0) is 37.7 Å². The van der Waals surface area contributed by atoms with E-state index in [1.807, 2.05) is 0 Å². The van der Waals surface area contributed by atoms with Crippen molar-refractivity contribution in [1.29, 1.82) is 0 Å². The summed E-state index contributed by atoms with van der Waals surface area (Å²) in [6.45, 7) is 4.60. The van der Waals surface area contributed by atoms with Crippen LogP contribution in [0.5, 0.6) is 0 Å². The Morgan fingerprint density at radius 2 is 2.06 bits per heavy atom. The van der Waals surface area contributed by atoms with Crippen LogP contribution in [-0.2, 0) is 5.33 Å². The lowest BCUT2D eigenvalue weighted by Crippen LogP contribution is -2.34. The molecule has 1 aliphatic heterocycles. The number of rotatable bonds is 3. The summed E-state index contributed by atoms with van der Waals surface area (Å²) in [4.78, 5) is 4.82. The van der Waals surface area contributed by atoms with Crippen LogP contribution in [-0.4, -0.2) is 38.1 Å². The molecule has 0 saturated carbocycles. The standard InChI is InChI=1S/C14H20Br2N2/c1-10-8-18(9-14(10)17(2)3)12-5-4-11(7-15)13(16)6-12/h4-6,10,14H,7-9H2,1-3H3. The van der Waals surface area contributed by atoms with Crippen LogP contribution in [0.3, 0.4) is 0 Å². The minimum atomic E-state index is 0.652. The van der Waals surface area contributed by atoms with Gasteiger partial charge in [0.15, 0.2) is 0 Å². The highest BCUT2D eigenvalue weighted by Gasteiger charge is 2.31. The number of nitrogens with zero attached hydrogens (tertiary/aromatic N) is 2. The molecular weight excluding hydrogens is 356 g/mol. The zero-order valence-corrected chi connectivity index (χ0v) is 14.3. The number of hydrogen-bond donors (Lipinski definition) is 0. The number of anilines is 1. The Bertz CT molecular complexity index is 420. The molecule has 0 spiro atoms. The third-order valence-corrected chi connectivity index (χ3v) is 5.12. The second-order valence-corrected chi connectivity index (χ2v) is 6.74. The molecule has 2 rings (SSSR count). The van der Waals surface area contributed by atoms with Gasteiger partial charge in [0.05, 0.1) is 0 Å². The maximum absolute atomic E-state index is 3.65. The van der Waals surface area contributed by atoms with E-state index in [0.717, 1.165) is 24.3 Å². The van der Waals surface area contributed by atoms with Crippen LogP contribution in [0.2, 0.25) is 0 Å². The number of benzene rings is 1. The maximum Gasteiger partial charge on any atom is 0.0378 e. The Kier molecular flexibility index (Phi) is 4.73. The molecule has 1 aromatic carbocycles. The van der Waals surface area contributed by atoms with Crippen LogP contribution in [0.15, 0.2) is 22.7 Å². The predicted molar refractivity (Wildman–Crippen MR) is 85.6 cm³/mol. The normalized spacial score (nSPS) is 24.0. The van der Waals surface area contributed by atoms with Gasteiger partial charge in [-0.2, -0.15) is 0 Å². The number of alkyl halides is 1. The molecule has 0 amide bonds. The monoisotopic (exact) mass is 374 g/mol. The molecule has 0 bridgehead atoms. The third kappa shape index (κ3) is 2.91. The molecule has 4 heteroatoms. The highest BCUT2D eigenvalue weighted by Crippen LogP contribution is 2.30. The second kappa shape index (κ2) is 5.93. The van der Waals surface area contributed by atoms with Crippen LogP contribution < -0.4 is 4.90 Å². The van der Waals surface area contributed by atoms with E-state index in [4.69, 9.17) is 0 Å². The van der Waals surface area contributed by atoms with Crippen molar-refractivity contribution < 1.29 is 0 Å².